The number of fused-ring (bicyclic) bond motifs is 1. The zero-order valence-corrected chi connectivity index (χ0v) is 15.4. The maximum atomic E-state index is 13.8. The number of thioether (sulfide) groups is 1. The van der Waals surface area contributed by atoms with E-state index in [0.29, 0.717) is 35.0 Å². The van der Waals surface area contributed by atoms with Crippen molar-refractivity contribution in [1.29, 1.82) is 0 Å². The zero-order valence-electron chi connectivity index (χ0n) is 13.8. The smallest absolute Gasteiger partial charge is 0.277 e. The molecule has 5 nitrogen and oxygen atoms in total. The molecule has 1 aliphatic heterocycles. The number of halogens is 3. The molecular weight excluding hydrogens is 396 g/mol. The van der Waals surface area contributed by atoms with E-state index >= 15 is 0 Å². The van der Waals surface area contributed by atoms with Crippen molar-refractivity contribution in [3.8, 4) is 11.5 Å². The van der Waals surface area contributed by atoms with Gasteiger partial charge in [0.15, 0.2) is 0 Å². The molecule has 1 aliphatic rings. The largest absolute Gasteiger partial charge is 0.411 e. The average molecular weight is 408 g/mol. The fraction of sp³-hybridized carbons (Fsp3) is 0.167. The summed E-state index contributed by atoms with van der Waals surface area (Å²) < 4.78 is 32.8. The minimum atomic E-state index is -0.705. The summed E-state index contributed by atoms with van der Waals surface area (Å²) in [4.78, 5) is 13.9. The Hall–Kier alpha value is -2.45. The number of hydrogen-bond donors (Lipinski definition) is 0. The van der Waals surface area contributed by atoms with Crippen LogP contribution in [0, 0.1) is 11.6 Å². The Kier molecular flexibility index (Phi) is 4.84. The van der Waals surface area contributed by atoms with Gasteiger partial charge in [0.1, 0.15) is 11.6 Å². The third-order valence-electron chi connectivity index (χ3n) is 4.13. The van der Waals surface area contributed by atoms with Gasteiger partial charge in [0.25, 0.3) is 5.22 Å². The van der Waals surface area contributed by atoms with Crippen LogP contribution in [0.4, 0.5) is 14.5 Å². The van der Waals surface area contributed by atoms with Gasteiger partial charge in [-0.05, 0) is 36.8 Å². The molecule has 0 saturated carbocycles. The molecule has 0 saturated heterocycles. The van der Waals surface area contributed by atoms with E-state index in [1.54, 1.807) is 24.3 Å². The first-order chi connectivity index (χ1) is 13.0. The monoisotopic (exact) mass is 407 g/mol. The van der Waals surface area contributed by atoms with Gasteiger partial charge in [0, 0.05) is 28.8 Å². The van der Waals surface area contributed by atoms with Crippen LogP contribution >= 0.6 is 23.4 Å². The van der Waals surface area contributed by atoms with Crippen molar-refractivity contribution >= 4 is 35.0 Å². The molecule has 9 heteroatoms. The molecule has 1 aromatic heterocycles. The van der Waals surface area contributed by atoms with Crippen molar-refractivity contribution in [3.05, 3.63) is 58.6 Å². The lowest BCUT2D eigenvalue weighted by Gasteiger charge is -2.16. The molecular formula is C18H12ClF2N3O2S. The number of hydrogen-bond acceptors (Lipinski definition) is 5. The maximum Gasteiger partial charge on any atom is 0.277 e. The Morgan fingerprint density at radius 3 is 2.78 bits per heavy atom. The topological polar surface area (TPSA) is 59.2 Å². The van der Waals surface area contributed by atoms with Crippen molar-refractivity contribution in [3.63, 3.8) is 0 Å². The van der Waals surface area contributed by atoms with E-state index in [-0.39, 0.29) is 22.6 Å². The molecule has 0 atom stereocenters. The van der Waals surface area contributed by atoms with E-state index in [0.717, 1.165) is 17.8 Å². The summed E-state index contributed by atoms with van der Waals surface area (Å²) in [5.41, 5.74) is 1.35. The molecule has 0 spiro atoms. The molecule has 0 aliphatic carbocycles. The second kappa shape index (κ2) is 7.28. The molecule has 0 unspecified atom stereocenters. The summed E-state index contributed by atoms with van der Waals surface area (Å²) in [5, 5.41) is 8.68. The quantitative estimate of drug-likeness (QED) is 0.602. The van der Waals surface area contributed by atoms with Crippen LogP contribution in [-0.4, -0.2) is 28.4 Å². The number of rotatable bonds is 4. The van der Waals surface area contributed by atoms with E-state index in [1.165, 1.54) is 11.0 Å². The highest BCUT2D eigenvalue weighted by atomic mass is 35.5. The Morgan fingerprint density at radius 1 is 1.22 bits per heavy atom. The van der Waals surface area contributed by atoms with Gasteiger partial charge in [-0.15, -0.1) is 10.2 Å². The standard InChI is InChI=1S/C18H12ClF2N3O2S/c19-11-3-1-10(2-4-11)17-22-23-18(26-17)27-9-16(25)24-6-5-13-14(21)7-12(20)8-15(13)24/h1-4,7-8H,5-6,9H2. The van der Waals surface area contributed by atoms with Crippen LogP contribution < -0.4 is 4.90 Å². The van der Waals surface area contributed by atoms with Crippen LogP contribution in [0.3, 0.4) is 0 Å². The number of amides is 1. The first kappa shape index (κ1) is 17.9. The van der Waals surface area contributed by atoms with Crippen LogP contribution in [-0.2, 0) is 11.2 Å². The van der Waals surface area contributed by atoms with E-state index in [1.807, 2.05) is 0 Å². The van der Waals surface area contributed by atoms with Gasteiger partial charge in [-0.3, -0.25) is 4.79 Å². The molecule has 2 aromatic carbocycles. The van der Waals surface area contributed by atoms with Crippen LogP contribution in [0.15, 0.2) is 46.0 Å². The number of aromatic nitrogens is 2. The SMILES string of the molecule is O=C(CSc1nnc(-c2ccc(Cl)cc2)o1)N1CCc2c(F)cc(F)cc21. The minimum Gasteiger partial charge on any atom is -0.411 e. The molecule has 138 valence electrons. The van der Waals surface area contributed by atoms with Gasteiger partial charge in [0.05, 0.1) is 11.4 Å². The fourth-order valence-corrected chi connectivity index (χ4v) is 3.63. The lowest BCUT2D eigenvalue weighted by Crippen LogP contribution is -2.30. The van der Waals surface area contributed by atoms with E-state index in [2.05, 4.69) is 10.2 Å². The number of anilines is 1. The Bertz CT molecular complexity index is 1010. The molecule has 2 heterocycles. The van der Waals surface area contributed by atoms with E-state index < -0.39 is 11.6 Å². The third-order valence-corrected chi connectivity index (χ3v) is 5.19. The van der Waals surface area contributed by atoms with Crippen LogP contribution in [0.1, 0.15) is 5.56 Å². The fourth-order valence-electron chi connectivity index (χ4n) is 2.86. The Morgan fingerprint density at radius 2 is 2.00 bits per heavy atom. The zero-order chi connectivity index (χ0) is 19.0. The lowest BCUT2D eigenvalue weighted by molar-refractivity contribution is -0.116. The highest BCUT2D eigenvalue weighted by molar-refractivity contribution is 7.99. The summed E-state index contributed by atoms with van der Waals surface area (Å²) in [5.74, 6) is -1.28. The first-order valence-electron chi connectivity index (χ1n) is 8.02. The van der Waals surface area contributed by atoms with E-state index in [9.17, 15) is 13.6 Å². The third kappa shape index (κ3) is 3.68. The molecule has 0 fully saturated rings. The van der Waals surface area contributed by atoms with Crippen molar-refractivity contribution in [2.75, 3.05) is 17.2 Å². The van der Waals surface area contributed by atoms with Crippen molar-refractivity contribution < 1.29 is 18.0 Å². The summed E-state index contributed by atoms with van der Waals surface area (Å²) in [7, 11) is 0. The first-order valence-corrected chi connectivity index (χ1v) is 9.38. The normalized spacial score (nSPS) is 13.1. The van der Waals surface area contributed by atoms with Gasteiger partial charge in [-0.1, -0.05) is 23.4 Å². The van der Waals surface area contributed by atoms with Gasteiger partial charge in [-0.25, -0.2) is 8.78 Å². The summed E-state index contributed by atoms with van der Waals surface area (Å²) in [6.07, 6.45) is 0.360. The van der Waals surface area contributed by atoms with Crippen LogP contribution in [0.25, 0.3) is 11.5 Å². The van der Waals surface area contributed by atoms with Gasteiger partial charge in [-0.2, -0.15) is 0 Å². The summed E-state index contributed by atoms with van der Waals surface area (Å²) in [6, 6.07) is 8.93. The average Bonchev–Trinajstić information content (AvgIpc) is 3.27. The van der Waals surface area contributed by atoms with Gasteiger partial charge >= 0.3 is 0 Å². The van der Waals surface area contributed by atoms with Gasteiger partial charge in [0.2, 0.25) is 11.8 Å². The van der Waals surface area contributed by atoms with E-state index in [4.69, 9.17) is 16.0 Å². The Labute approximate surface area is 162 Å². The Balaban J connectivity index is 1.43. The van der Waals surface area contributed by atoms with Gasteiger partial charge < -0.3 is 9.32 Å². The van der Waals surface area contributed by atoms with Crippen molar-refractivity contribution in [2.45, 2.75) is 11.6 Å². The molecule has 0 N–H and O–H groups in total. The summed E-state index contributed by atoms with van der Waals surface area (Å²) >= 11 is 6.92. The maximum absolute atomic E-state index is 13.8. The molecule has 4 rings (SSSR count). The highest BCUT2D eigenvalue weighted by Gasteiger charge is 2.28. The second-order valence-corrected chi connectivity index (χ2v) is 7.21. The minimum absolute atomic E-state index is 0.0137. The number of carbonyl (C=O) groups excluding carboxylic acids is 1. The summed E-state index contributed by atoms with van der Waals surface area (Å²) in [6.45, 7) is 0.314. The number of benzene rings is 2. The lowest BCUT2D eigenvalue weighted by atomic mass is 10.1. The number of nitrogens with zero attached hydrogens (tertiary/aromatic N) is 3. The molecule has 1 amide bonds. The predicted molar refractivity (Wildman–Crippen MR) is 97.9 cm³/mol. The highest BCUT2D eigenvalue weighted by Crippen LogP contribution is 2.32. The molecule has 0 bridgehead atoms. The molecule has 27 heavy (non-hydrogen) atoms. The predicted octanol–water partition coefficient (Wildman–Crippen LogP) is 4.35. The van der Waals surface area contributed by atoms with Crippen molar-refractivity contribution in [2.24, 2.45) is 0 Å². The molecule has 3 aromatic rings. The number of carbonyl (C=O) groups is 1. The molecule has 0 radical (unpaired) electrons. The van der Waals surface area contributed by atoms with Crippen LogP contribution in [0.5, 0.6) is 0 Å². The van der Waals surface area contributed by atoms with Crippen LogP contribution in [0.2, 0.25) is 5.02 Å². The van der Waals surface area contributed by atoms with Crippen molar-refractivity contribution in [1.82, 2.24) is 10.2 Å². The second-order valence-electron chi connectivity index (χ2n) is 5.85.